The van der Waals surface area contributed by atoms with Crippen molar-refractivity contribution in [2.75, 3.05) is 13.1 Å². The molecule has 0 atom stereocenters. The number of nitrogens with zero attached hydrogens (tertiary/aromatic N) is 2. The summed E-state index contributed by atoms with van der Waals surface area (Å²) in [4.78, 5) is 26.3. The van der Waals surface area contributed by atoms with E-state index < -0.39 is 11.8 Å². The fraction of sp³-hybridized carbons (Fsp3) is 0.500. The first-order chi connectivity index (χ1) is 9.68. The predicted octanol–water partition coefficient (Wildman–Crippen LogP) is 1.91. The van der Waals surface area contributed by atoms with E-state index in [0.717, 1.165) is 36.1 Å². The summed E-state index contributed by atoms with van der Waals surface area (Å²) < 4.78 is 0. The van der Waals surface area contributed by atoms with Gasteiger partial charge in [0.2, 0.25) is 0 Å². The summed E-state index contributed by atoms with van der Waals surface area (Å²) in [5, 5.41) is 5.81. The van der Waals surface area contributed by atoms with Gasteiger partial charge in [0.1, 0.15) is 0 Å². The van der Waals surface area contributed by atoms with Crippen molar-refractivity contribution >= 4 is 29.4 Å². The number of carbonyl (C=O) groups is 2. The lowest BCUT2D eigenvalue weighted by Gasteiger charge is -2.18. The van der Waals surface area contributed by atoms with Gasteiger partial charge in [-0.2, -0.15) is 5.10 Å². The van der Waals surface area contributed by atoms with E-state index in [9.17, 15) is 9.59 Å². The molecule has 1 aliphatic heterocycles. The third-order valence-electron chi connectivity index (χ3n) is 3.34. The van der Waals surface area contributed by atoms with Crippen LogP contribution in [-0.2, 0) is 9.59 Å². The summed E-state index contributed by atoms with van der Waals surface area (Å²) in [6.45, 7) is 3.31. The van der Waals surface area contributed by atoms with Crippen molar-refractivity contribution in [3.8, 4) is 0 Å². The summed E-state index contributed by atoms with van der Waals surface area (Å²) >= 11 is 1.54. The number of rotatable bonds is 2. The average Bonchev–Trinajstić information content (AvgIpc) is 2.70. The molecule has 6 heteroatoms. The molecule has 0 unspecified atom stereocenters. The zero-order chi connectivity index (χ0) is 14.4. The van der Waals surface area contributed by atoms with Crippen LogP contribution in [0.1, 0.15) is 36.1 Å². The van der Waals surface area contributed by atoms with Crippen molar-refractivity contribution in [3.63, 3.8) is 0 Å². The predicted molar refractivity (Wildman–Crippen MR) is 79.8 cm³/mol. The molecule has 1 aromatic rings. The molecule has 5 nitrogen and oxygen atoms in total. The molecule has 0 aromatic carbocycles. The van der Waals surface area contributed by atoms with Crippen molar-refractivity contribution < 1.29 is 9.59 Å². The first kappa shape index (κ1) is 14.7. The van der Waals surface area contributed by atoms with E-state index in [-0.39, 0.29) is 0 Å². The van der Waals surface area contributed by atoms with Gasteiger partial charge < -0.3 is 4.90 Å². The maximum absolute atomic E-state index is 12.0. The Balaban J connectivity index is 1.86. The van der Waals surface area contributed by atoms with Gasteiger partial charge >= 0.3 is 11.8 Å². The summed E-state index contributed by atoms with van der Waals surface area (Å²) in [7, 11) is 0. The van der Waals surface area contributed by atoms with E-state index >= 15 is 0 Å². The number of thiophene rings is 1. The lowest BCUT2D eigenvalue weighted by Crippen LogP contribution is -2.41. The topological polar surface area (TPSA) is 61.8 Å². The maximum atomic E-state index is 12.0. The van der Waals surface area contributed by atoms with E-state index in [0.29, 0.717) is 13.1 Å². The molecule has 0 spiro atoms. The highest BCUT2D eigenvalue weighted by molar-refractivity contribution is 7.11. The van der Waals surface area contributed by atoms with Gasteiger partial charge in [0.15, 0.2) is 0 Å². The number of amides is 2. The molecule has 0 bridgehead atoms. The zero-order valence-corrected chi connectivity index (χ0v) is 12.4. The van der Waals surface area contributed by atoms with E-state index in [1.807, 2.05) is 18.4 Å². The van der Waals surface area contributed by atoms with Crippen LogP contribution in [0.4, 0.5) is 0 Å². The Morgan fingerprint density at radius 2 is 2.00 bits per heavy atom. The standard InChI is InChI=1S/C14H19N3O2S/c1-11-6-9-20-12(11)10-15-16-13(18)14(19)17-7-4-2-3-5-8-17/h6,9-10H,2-5,7-8H2,1H3,(H,16,18)/b15-10-. The molecule has 2 heterocycles. The van der Waals surface area contributed by atoms with E-state index in [4.69, 9.17) is 0 Å². The number of hydrogen-bond acceptors (Lipinski definition) is 4. The Labute approximate surface area is 122 Å². The number of hydrogen-bond donors (Lipinski definition) is 1. The van der Waals surface area contributed by atoms with Crippen LogP contribution < -0.4 is 5.43 Å². The normalized spacial score (nSPS) is 16.1. The molecule has 1 N–H and O–H groups in total. The first-order valence-electron chi connectivity index (χ1n) is 6.85. The van der Waals surface area contributed by atoms with Crippen molar-refractivity contribution in [2.45, 2.75) is 32.6 Å². The lowest BCUT2D eigenvalue weighted by molar-refractivity contribution is -0.145. The molecule has 0 radical (unpaired) electrons. The molecule has 0 saturated carbocycles. The molecular formula is C14H19N3O2S. The Morgan fingerprint density at radius 3 is 2.60 bits per heavy atom. The summed E-state index contributed by atoms with van der Waals surface area (Å²) in [5.74, 6) is -1.13. The minimum Gasteiger partial charge on any atom is -0.334 e. The van der Waals surface area contributed by atoms with Gasteiger partial charge in [-0.25, -0.2) is 5.43 Å². The van der Waals surface area contributed by atoms with Gasteiger partial charge in [-0.1, -0.05) is 12.8 Å². The van der Waals surface area contributed by atoms with Crippen LogP contribution in [0.15, 0.2) is 16.5 Å². The van der Waals surface area contributed by atoms with E-state index in [1.54, 1.807) is 22.5 Å². The first-order valence-corrected chi connectivity index (χ1v) is 7.73. The molecule has 108 valence electrons. The molecule has 20 heavy (non-hydrogen) atoms. The van der Waals surface area contributed by atoms with Crippen LogP contribution in [0.25, 0.3) is 0 Å². The monoisotopic (exact) mass is 293 g/mol. The fourth-order valence-electron chi connectivity index (χ4n) is 2.13. The molecule has 2 rings (SSSR count). The highest BCUT2D eigenvalue weighted by Crippen LogP contribution is 2.12. The fourth-order valence-corrected chi connectivity index (χ4v) is 2.92. The lowest BCUT2D eigenvalue weighted by atomic mass is 10.2. The van der Waals surface area contributed by atoms with Crippen LogP contribution in [-0.4, -0.2) is 36.0 Å². The molecule has 1 saturated heterocycles. The second kappa shape index (κ2) is 7.19. The van der Waals surface area contributed by atoms with Crippen molar-refractivity contribution in [3.05, 3.63) is 21.9 Å². The Kier molecular flexibility index (Phi) is 5.29. The Hall–Kier alpha value is -1.69. The SMILES string of the molecule is Cc1ccsc1/C=N\NC(=O)C(=O)N1CCCCCC1. The van der Waals surface area contributed by atoms with Gasteiger partial charge in [-0.3, -0.25) is 9.59 Å². The van der Waals surface area contributed by atoms with E-state index in [1.165, 1.54) is 0 Å². The third kappa shape index (κ3) is 3.90. The molecule has 0 aliphatic carbocycles. The van der Waals surface area contributed by atoms with E-state index in [2.05, 4.69) is 10.5 Å². The van der Waals surface area contributed by atoms with Gasteiger partial charge in [-0.05, 0) is 36.8 Å². The quantitative estimate of drug-likeness (QED) is 0.514. The number of hydrazone groups is 1. The van der Waals surface area contributed by atoms with Crippen LogP contribution in [0, 0.1) is 6.92 Å². The Morgan fingerprint density at radius 1 is 1.30 bits per heavy atom. The van der Waals surface area contributed by atoms with Crippen LogP contribution in [0.5, 0.6) is 0 Å². The number of likely N-dealkylation sites (tertiary alicyclic amines) is 1. The molecule has 1 aromatic heterocycles. The smallest absolute Gasteiger partial charge is 0.329 e. The number of carbonyl (C=O) groups excluding carboxylic acids is 2. The van der Waals surface area contributed by atoms with Crippen LogP contribution in [0.2, 0.25) is 0 Å². The molecule has 2 amide bonds. The second-order valence-electron chi connectivity index (χ2n) is 4.87. The van der Waals surface area contributed by atoms with Gasteiger partial charge in [0, 0.05) is 18.0 Å². The van der Waals surface area contributed by atoms with Gasteiger partial charge in [0.05, 0.1) is 6.21 Å². The Bertz CT molecular complexity index is 502. The highest BCUT2D eigenvalue weighted by Gasteiger charge is 2.22. The number of nitrogens with one attached hydrogen (secondary N) is 1. The van der Waals surface area contributed by atoms with Crippen molar-refractivity contribution in [1.29, 1.82) is 0 Å². The van der Waals surface area contributed by atoms with Crippen LogP contribution in [0.3, 0.4) is 0 Å². The minimum atomic E-state index is -0.655. The number of aryl methyl sites for hydroxylation is 1. The van der Waals surface area contributed by atoms with Gasteiger partial charge in [-0.15, -0.1) is 11.3 Å². The average molecular weight is 293 g/mol. The minimum absolute atomic E-state index is 0.480. The zero-order valence-electron chi connectivity index (χ0n) is 11.6. The second-order valence-corrected chi connectivity index (χ2v) is 5.82. The molecular weight excluding hydrogens is 274 g/mol. The maximum Gasteiger partial charge on any atom is 0.329 e. The summed E-state index contributed by atoms with van der Waals surface area (Å²) in [6, 6.07) is 1.98. The molecule has 1 fully saturated rings. The highest BCUT2D eigenvalue weighted by atomic mass is 32.1. The van der Waals surface area contributed by atoms with Crippen LogP contribution >= 0.6 is 11.3 Å². The summed E-state index contributed by atoms with van der Waals surface area (Å²) in [5.41, 5.74) is 3.42. The largest absolute Gasteiger partial charge is 0.334 e. The summed E-state index contributed by atoms with van der Waals surface area (Å²) in [6.07, 6.45) is 5.77. The third-order valence-corrected chi connectivity index (χ3v) is 4.29. The van der Waals surface area contributed by atoms with Crippen molar-refractivity contribution in [2.24, 2.45) is 5.10 Å². The molecule has 1 aliphatic rings. The van der Waals surface area contributed by atoms with Gasteiger partial charge in [0.25, 0.3) is 0 Å². The van der Waals surface area contributed by atoms with Crippen molar-refractivity contribution in [1.82, 2.24) is 10.3 Å².